The second-order valence-corrected chi connectivity index (χ2v) is 9.16. The number of thioether (sulfide) groups is 2. The summed E-state index contributed by atoms with van der Waals surface area (Å²) < 4.78 is 10.2. The molecule has 0 radical (unpaired) electrons. The van der Waals surface area contributed by atoms with Gasteiger partial charge in [-0.15, -0.1) is 0 Å². The van der Waals surface area contributed by atoms with E-state index >= 15 is 0 Å². The first-order valence-electron chi connectivity index (χ1n) is 10.8. The number of unbranched alkanes of at least 4 members (excludes halogenated alkanes) is 10. The van der Waals surface area contributed by atoms with Crippen LogP contribution in [-0.4, -0.2) is 42.4 Å². The molecule has 26 heavy (non-hydrogen) atoms. The molecule has 0 heterocycles. The third kappa shape index (κ3) is 22.0. The van der Waals surface area contributed by atoms with E-state index in [-0.39, 0.29) is 0 Å². The Labute approximate surface area is 171 Å². The molecule has 0 saturated carbocycles. The molecule has 0 rings (SSSR count). The first kappa shape index (κ1) is 26.0. The van der Waals surface area contributed by atoms with Crippen molar-refractivity contribution in [3.63, 3.8) is 0 Å². The molecule has 0 aromatic rings. The summed E-state index contributed by atoms with van der Waals surface area (Å²) in [6.45, 7) is 5.42. The summed E-state index contributed by atoms with van der Waals surface area (Å²) in [5.74, 6) is 4.08. The summed E-state index contributed by atoms with van der Waals surface area (Å²) in [5.41, 5.74) is 0. The highest BCUT2D eigenvalue weighted by molar-refractivity contribution is 7.99. The van der Waals surface area contributed by atoms with Crippen molar-refractivity contribution in [2.45, 2.75) is 90.9 Å². The molecule has 0 saturated heterocycles. The Morgan fingerprint density at radius 3 is 1.38 bits per heavy atom. The third-order valence-electron chi connectivity index (χ3n) is 4.18. The lowest BCUT2D eigenvalue weighted by Crippen LogP contribution is -2.11. The van der Waals surface area contributed by atoms with Gasteiger partial charge in [-0.25, -0.2) is 4.79 Å². The van der Waals surface area contributed by atoms with Crippen LogP contribution in [0.1, 0.15) is 90.9 Å². The van der Waals surface area contributed by atoms with Crippen LogP contribution >= 0.6 is 23.5 Å². The van der Waals surface area contributed by atoms with Crippen molar-refractivity contribution in [1.29, 1.82) is 0 Å². The van der Waals surface area contributed by atoms with Crippen molar-refractivity contribution in [2.24, 2.45) is 0 Å². The molecule has 0 N–H and O–H groups in total. The van der Waals surface area contributed by atoms with Crippen LogP contribution in [0.3, 0.4) is 0 Å². The zero-order chi connectivity index (χ0) is 19.1. The maximum Gasteiger partial charge on any atom is 0.508 e. The molecule has 3 nitrogen and oxygen atoms in total. The van der Waals surface area contributed by atoms with Crippen molar-refractivity contribution in [3.05, 3.63) is 0 Å². The van der Waals surface area contributed by atoms with Gasteiger partial charge >= 0.3 is 6.16 Å². The van der Waals surface area contributed by atoms with Gasteiger partial charge in [0.2, 0.25) is 0 Å². The van der Waals surface area contributed by atoms with Crippen LogP contribution in [0, 0.1) is 0 Å². The predicted molar refractivity (Wildman–Crippen MR) is 119 cm³/mol. The maximum atomic E-state index is 11.5. The Hall–Kier alpha value is -0.0300. The Bertz CT molecular complexity index is 262. The van der Waals surface area contributed by atoms with E-state index in [2.05, 4.69) is 13.8 Å². The number of hydrogen-bond acceptors (Lipinski definition) is 5. The topological polar surface area (TPSA) is 35.5 Å². The minimum Gasteiger partial charge on any atom is -0.433 e. The van der Waals surface area contributed by atoms with Crippen LogP contribution in [0.5, 0.6) is 0 Å². The summed E-state index contributed by atoms with van der Waals surface area (Å²) in [6, 6.07) is 0. The van der Waals surface area contributed by atoms with Crippen molar-refractivity contribution in [3.8, 4) is 0 Å². The molecule has 0 aromatic heterocycles. The number of rotatable bonds is 20. The second-order valence-electron chi connectivity index (χ2n) is 6.71. The second kappa shape index (κ2) is 23.0. The molecular formula is C21H42O3S2. The molecule has 0 atom stereocenters. The number of carbonyl (C=O) groups excluding carboxylic acids is 1. The molecule has 0 aliphatic rings. The van der Waals surface area contributed by atoms with E-state index in [1.54, 1.807) is 0 Å². The van der Waals surface area contributed by atoms with E-state index in [4.69, 9.17) is 9.47 Å². The summed E-state index contributed by atoms with van der Waals surface area (Å²) in [7, 11) is 0. The summed E-state index contributed by atoms with van der Waals surface area (Å²) in [5, 5.41) is 0. The Kier molecular flexibility index (Phi) is 23.0. The maximum absolute atomic E-state index is 11.5. The monoisotopic (exact) mass is 406 g/mol. The fraction of sp³-hybridized carbons (Fsp3) is 0.952. The summed E-state index contributed by atoms with van der Waals surface area (Å²) >= 11 is 3.73. The van der Waals surface area contributed by atoms with Crippen LogP contribution in [0.4, 0.5) is 4.79 Å². The van der Waals surface area contributed by atoms with Gasteiger partial charge in [0.05, 0.1) is 0 Å². The van der Waals surface area contributed by atoms with Gasteiger partial charge in [0, 0.05) is 11.5 Å². The lowest BCUT2D eigenvalue weighted by Gasteiger charge is -2.06. The largest absolute Gasteiger partial charge is 0.508 e. The van der Waals surface area contributed by atoms with Crippen LogP contribution < -0.4 is 0 Å². The Balaban J connectivity index is 3.13. The lowest BCUT2D eigenvalue weighted by molar-refractivity contribution is 0.0645. The highest BCUT2D eigenvalue weighted by Crippen LogP contribution is 2.11. The SMILES string of the molecule is CCCCCCCCSCCOC(=O)OCCSCCCCCCCC. The molecule has 0 amide bonds. The van der Waals surface area contributed by atoms with Crippen molar-refractivity contribution in [2.75, 3.05) is 36.2 Å². The smallest absolute Gasteiger partial charge is 0.433 e. The average molecular weight is 407 g/mol. The Morgan fingerprint density at radius 2 is 0.962 bits per heavy atom. The van der Waals surface area contributed by atoms with Crippen LogP contribution in [0.25, 0.3) is 0 Å². The van der Waals surface area contributed by atoms with Gasteiger partial charge in [0.25, 0.3) is 0 Å². The molecule has 0 aliphatic carbocycles. The zero-order valence-corrected chi connectivity index (χ0v) is 18.9. The van der Waals surface area contributed by atoms with E-state index in [9.17, 15) is 4.79 Å². The van der Waals surface area contributed by atoms with Gasteiger partial charge in [-0.2, -0.15) is 23.5 Å². The van der Waals surface area contributed by atoms with Gasteiger partial charge in [0.15, 0.2) is 0 Å². The molecule has 5 heteroatoms. The molecule has 0 fully saturated rings. The van der Waals surface area contributed by atoms with Crippen LogP contribution in [0.15, 0.2) is 0 Å². The van der Waals surface area contributed by atoms with Crippen LogP contribution in [-0.2, 0) is 9.47 Å². The van der Waals surface area contributed by atoms with Gasteiger partial charge < -0.3 is 9.47 Å². The molecule has 0 aliphatic heterocycles. The van der Waals surface area contributed by atoms with Gasteiger partial charge in [-0.3, -0.25) is 0 Å². The highest BCUT2D eigenvalue weighted by Gasteiger charge is 2.03. The molecule has 0 spiro atoms. The van der Waals surface area contributed by atoms with Crippen molar-refractivity contribution >= 4 is 29.7 Å². The van der Waals surface area contributed by atoms with E-state index in [0.717, 1.165) is 11.5 Å². The standard InChI is InChI=1S/C21H42O3S2/c1-3-5-7-9-11-13-17-25-19-15-23-21(22)24-16-20-26-18-14-12-10-8-6-4-2/h3-20H2,1-2H3. The fourth-order valence-corrected chi connectivity index (χ4v) is 4.21. The minimum atomic E-state index is -0.509. The zero-order valence-electron chi connectivity index (χ0n) is 17.3. The molecule has 0 bridgehead atoms. The lowest BCUT2D eigenvalue weighted by atomic mass is 10.1. The Morgan fingerprint density at radius 1 is 0.577 bits per heavy atom. The highest BCUT2D eigenvalue weighted by atomic mass is 32.2. The average Bonchev–Trinajstić information content (AvgIpc) is 2.64. The third-order valence-corrected chi connectivity index (χ3v) is 6.25. The predicted octanol–water partition coefficient (Wildman–Crippen LogP) is 7.33. The van der Waals surface area contributed by atoms with Gasteiger partial charge in [-0.1, -0.05) is 78.1 Å². The first-order chi connectivity index (χ1) is 12.8. The minimum absolute atomic E-state index is 0.463. The van der Waals surface area contributed by atoms with Crippen molar-refractivity contribution in [1.82, 2.24) is 0 Å². The quantitative estimate of drug-likeness (QED) is 0.156. The van der Waals surface area contributed by atoms with E-state index < -0.39 is 6.16 Å². The van der Waals surface area contributed by atoms with Gasteiger partial charge in [0.1, 0.15) is 13.2 Å². The first-order valence-corrected chi connectivity index (χ1v) is 13.1. The molecular weight excluding hydrogens is 364 g/mol. The van der Waals surface area contributed by atoms with E-state index in [0.29, 0.717) is 13.2 Å². The fourth-order valence-electron chi connectivity index (χ4n) is 2.58. The number of ether oxygens (including phenoxy) is 2. The molecule has 0 aromatic carbocycles. The van der Waals surface area contributed by atoms with E-state index in [1.165, 1.54) is 88.6 Å². The summed E-state index contributed by atoms with van der Waals surface area (Å²) in [6.07, 6.45) is 15.5. The van der Waals surface area contributed by atoms with Gasteiger partial charge in [-0.05, 0) is 24.3 Å². The summed E-state index contributed by atoms with van der Waals surface area (Å²) in [4.78, 5) is 11.5. The normalized spacial score (nSPS) is 10.8. The molecule has 156 valence electrons. The molecule has 0 unspecified atom stereocenters. The van der Waals surface area contributed by atoms with Crippen LogP contribution in [0.2, 0.25) is 0 Å². The number of carbonyl (C=O) groups is 1. The van der Waals surface area contributed by atoms with E-state index in [1.807, 2.05) is 23.5 Å². The number of hydrogen-bond donors (Lipinski definition) is 0. The van der Waals surface area contributed by atoms with Crippen molar-refractivity contribution < 1.29 is 14.3 Å².